The Kier molecular flexibility index (Phi) is 4.71. The van der Waals surface area contributed by atoms with Crippen LogP contribution in [0.15, 0.2) is 0 Å². The van der Waals surface area contributed by atoms with E-state index in [1.807, 2.05) is 6.07 Å². The Hall–Kier alpha value is -1.13. The number of esters is 1. The maximum Gasteiger partial charge on any atom is 0.322 e. The van der Waals surface area contributed by atoms with E-state index in [0.29, 0.717) is 0 Å². The molecule has 0 aromatic carbocycles. The van der Waals surface area contributed by atoms with Crippen molar-refractivity contribution >= 4 is 16.0 Å². The fraction of sp³-hybridized carbons (Fsp3) is 0.750. The van der Waals surface area contributed by atoms with Crippen molar-refractivity contribution in [3.8, 4) is 6.07 Å². The monoisotopic (exact) mass is 234 g/mol. The minimum Gasteiger partial charge on any atom is -0.468 e. The Labute approximate surface area is 89.3 Å². The highest BCUT2D eigenvalue weighted by atomic mass is 32.2. The van der Waals surface area contributed by atoms with Gasteiger partial charge in [-0.1, -0.05) is 0 Å². The van der Waals surface area contributed by atoms with Gasteiger partial charge in [0, 0.05) is 6.54 Å². The predicted octanol–water partition coefficient (Wildman–Crippen LogP) is -0.371. The van der Waals surface area contributed by atoms with Crippen molar-refractivity contribution in [1.29, 1.82) is 5.26 Å². The first-order valence-corrected chi connectivity index (χ1v) is 5.83. The number of nitrogens with zero attached hydrogens (tertiary/aromatic N) is 1. The molecule has 0 atom stereocenters. The van der Waals surface area contributed by atoms with Crippen LogP contribution in [0.1, 0.15) is 13.8 Å². The first-order chi connectivity index (χ1) is 6.72. The number of nitriles is 1. The SMILES string of the molecule is COC(=O)CS(=O)(=O)NCC(C)(C)C#N. The standard InChI is InChI=1S/C8H14N2O4S/c1-8(2,5-9)6-10-15(12,13)4-7(11)14-3/h10H,4,6H2,1-3H3. The van der Waals surface area contributed by atoms with Gasteiger partial charge in [-0.2, -0.15) is 5.26 Å². The molecule has 0 heterocycles. The Bertz CT molecular complexity index is 367. The van der Waals surface area contributed by atoms with E-state index in [2.05, 4.69) is 9.46 Å². The molecule has 86 valence electrons. The summed E-state index contributed by atoms with van der Waals surface area (Å²) in [6.07, 6.45) is 0. The molecule has 0 aromatic heterocycles. The van der Waals surface area contributed by atoms with Crippen LogP contribution < -0.4 is 4.72 Å². The average molecular weight is 234 g/mol. The van der Waals surface area contributed by atoms with Crippen molar-refractivity contribution in [3.05, 3.63) is 0 Å². The summed E-state index contributed by atoms with van der Waals surface area (Å²) >= 11 is 0. The fourth-order valence-electron chi connectivity index (χ4n) is 0.595. The number of sulfonamides is 1. The number of carbonyl (C=O) groups excluding carboxylic acids is 1. The molecule has 0 aliphatic rings. The highest BCUT2D eigenvalue weighted by Crippen LogP contribution is 2.11. The second-order valence-electron chi connectivity index (χ2n) is 3.65. The van der Waals surface area contributed by atoms with E-state index < -0.39 is 27.2 Å². The number of rotatable bonds is 5. The summed E-state index contributed by atoms with van der Waals surface area (Å²) in [5.41, 5.74) is -0.802. The van der Waals surface area contributed by atoms with Gasteiger partial charge < -0.3 is 4.74 Å². The zero-order valence-electron chi connectivity index (χ0n) is 8.90. The molecule has 6 nitrogen and oxygen atoms in total. The molecule has 0 spiro atoms. The lowest BCUT2D eigenvalue weighted by Crippen LogP contribution is -2.36. The molecule has 0 radical (unpaired) electrons. The summed E-state index contributed by atoms with van der Waals surface area (Å²) in [6.45, 7) is 3.14. The lowest BCUT2D eigenvalue weighted by molar-refractivity contribution is -0.137. The summed E-state index contributed by atoms with van der Waals surface area (Å²) in [5, 5.41) is 8.64. The molecule has 0 amide bonds. The lowest BCUT2D eigenvalue weighted by atomic mass is 9.97. The molecule has 0 aromatic rings. The van der Waals surface area contributed by atoms with Crippen LogP contribution in [0.25, 0.3) is 0 Å². The average Bonchev–Trinajstić information content (AvgIpc) is 2.14. The van der Waals surface area contributed by atoms with Crippen molar-refractivity contribution in [3.63, 3.8) is 0 Å². The maximum atomic E-state index is 11.2. The molecule has 0 saturated heterocycles. The summed E-state index contributed by atoms with van der Waals surface area (Å²) in [5.74, 6) is -1.57. The number of ether oxygens (including phenoxy) is 1. The Morgan fingerprint density at radius 2 is 2.07 bits per heavy atom. The van der Waals surface area contributed by atoms with Crippen LogP contribution in [0.4, 0.5) is 0 Å². The van der Waals surface area contributed by atoms with E-state index in [1.165, 1.54) is 0 Å². The van der Waals surface area contributed by atoms with Crippen LogP contribution in [0, 0.1) is 16.7 Å². The third-order valence-corrected chi connectivity index (χ3v) is 2.77. The Morgan fingerprint density at radius 3 is 2.47 bits per heavy atom. The van der Waals surface area contributed by atoms with Crippen LogP contribution in [0.2, 0.25) is 0 Å². The smallest absolute Gasteiger partial charge is 0.322 e. The van der Waals surface area contributed by atoms with Gasteiger partial charge in [0.2, 0.25) is 10.0 Å². The normalized spacial score (nSPS) is 11.9. The quantitative estimate of drug-likeness (QED) is 0.654. The third kappa shape index (κ3) is 6.04. The highest BCUT2D eigenvalue weighted by molar-refractivity contribution is 7.90. The molecule has 0 unspecified atom stereocenters. The van der Waals surface area contributed by atoms with Crippen molar-refractivity contribution in [2.24, 2.45) is 5.41 Å². The van der Waals surface area contributed by atoms with E-state index in [9.17, 15) is 13.2 Å². The van der Waals surface area contributed by atoms with Gasteiger partial charge >= 0.3 is 5.97 Å². The summed E-state index contributed by atoms with van der Waals surface area (Å²) in [6, 6.07) is 1.94. The zero-order valence-corrected chi connectivity index (χ0v) is 9.72. The van der Waals surface area contributed by atoms with E-state index in [0.717, 1.165) is 7.11 Å². The number of nitrogens with one attached hydrogen (secondary N) is 1. The summed E-state index contributed by atoms with van der Waals surface area (Å²) in [7, 11) is -2.60. The Morgan fingerprint density at radius 1 is 1.53 bits per heavy atom. The lowest BCUT2D eigenvalue weighted by Gasteiger charge is -2.15. The number of hydrogen-bond donors (Lipinski definition) is 1. The van der Waals surface area contributed by atoms with E-state index >= 15 is 0 Å². The molecule has 0 aliphatic heterocycles. The Balaban J connectivity index is 4.31. The minimum atomic E-state index is -3.71. The van der Waals surface area contributed by atoms with Gasteiger partial charge in [-0.25, -0.2) is 13.1 Å². The minimum absolute atomic E-state index is 0.0389. The molecule has 0 fully saturated rings. The second-order valence-corrected chi connectivity index (χ2v) is 5.46. The molecule has 0 bridgehead atoms. The van der Waals surface area contributed by atoms with Crippen LogP contribution in [0.5, 0.6) is 0 Å². The van der Waals surface area contributed by atoms with Crippen LogP contribution in [-0.2, 0) is 19.6 Å². The number of methoxy groups -OCH3 is 1. The topological polar surface area (TPSA) is 96.3 Å². The maximum absolute atomic E-state index is 11.2. The van der Waals surface area contributed by atoms with Crippen molar-refractivity contribution in [1.82, 2.24) is 4.72 Å². The van der Waals surface area contributed by atoms with Crippen molar-refractivity contribution in [2.45, 2.75) is 13.8 Å². The second kappa shape index (κ2) is 5.09. The molecule has 1 N–H and O–H groups in total. The number of carbonyl (C=O) groups is 1. The van der Waals surface area contributed by atoms with E-state index in [1.54, 1.807) is 13.8 Å². The molecular formula is C8H14N2O4S. The van der Waals surface area contributed by atoms with Gasteiger partial charge in [0.05, 0.1) is 18.6 Å². The van der Waals surface area contributed by atoms with Crippen molar-refractivity contribution < 1.29 is 17.9 Å². The highest BCUT2D eigenvalue weighted by Gasteiger charge is 2.22. The molecule has 7 heteroatoms. The first kappa shape index (κ1) is 13.9. The molecule has 0 saturated carbocycles. The molecular weight excluding hydrogens is 220 g/mol. The van der Waals surface area contributed by atoms with Gasteiger partial charge in [-0.05, 0) is 13.8 Å². The van der Waals surface area contributed by atoms with Gasteiger partial charge in [0.1, 0.15) is 0 Å². The summed E-state index contributed by atoms with van der Waals surface area (Å²) in [4.78, 5) is 10.7. The molecule has 15 heavy (non-hydrogen) atoms. The van der Waals surface area contributed by atoms with Crippen LogP contribution >= 0.6 is 0 Å². The molecule has 0 rings (SSSR count). The predicted molar refractivity (Wildman–Crippen MR) is 53.2 cm³/mol. The van der Waals surface area contributed by atoms with Gasteiger partial charge in [-0.15, -0.1) is 0 Å². The van der Waals surface area contributed by atoms with E-state index in [4.69, 9.17) is 5.26 Å². The van der Waals surface area contributed by atoms with Gasteiger partial charge in [0.25, 0.3) is 0 Å². The van der Waals surface area contributed by atoms with Gasteiger partial charge in [0.15, 0.2) is 5.75 Å². The van der Waals surface area contributed by atoms with Gasteiger partial charge in [-0.3, -0.25) is 4.79 Å². The number of hydrogen-bond acceptors (Lipinski definition) is 5. The van der Waals surface area contributed by atoms with Crippen LogP contribution in [0.3, 0.4) is 0 Å². The van der Waals surface area contributed by atoms with E-state index in [-0.39, 0.29) is 6.54 Å². The first-order valence-electron chi connectivity index (χ1n) is 4.18. The third-order valence-electron chi connectivity index (χ3n) is 1.57. The fourth-order valence-corrected chi connectivity index (χ4v) is 1.71. The van der Waals surface area contributed by atoms with Crippen LogP contribution in [-0.4, -0.2) is 33.8 Å². The van der Waals surface area contributed by atoms with Crippen molar-refractivity contribution in [2.75, 3.05) is 19.4 Å². The summed E-state index contributed by atoms with van der Waals surface area (Å²) < 4.78 is 28.9. The zero-order chi connectivity index (χ0) is 12.1. The largest absolute Gasteiger partial charge is 0.468 e. The molecule has 0 aliphatic carbocycles.